The summed E-state index contributed by atoms with van der Waals surface area (Å²) in [6.45, 7) is 5.44. The van der Waals surface area contributed by atoms with E-state index < -0.39 is 0 Å². The lowest BCUT2D eigenvalue weighted by Gasteiger charge is -2.25. The Morgan fingerprint density at radius 1 is 1.20 bits per heavy atom. The average Bonchev–Trinajstić information content (AvgIpc) is 2.19. The molecule has 0 radical (unpaired) electrons. The minimum Gasteiger partial charge on any atom is -0.396 e. The summed E-state index contributed by atoms with van der Waals surface area (Å²) in [5.74, 6) is 0. The van der Waals surface area contributed by atoms with Gasteiger partial charge in [0.05, 0.1) is 0 Å². The van der Waals surface area contributed by atoms with Crippen molar-refractivity contribution >= 4 is 0 Å². The van der Waals surface area contributed by atoms with Crippen molar-refractivity contribution in [2.75, 3.05) is 13.2 Å². The van der Waals surface area contributed by atoms with Crippen LogP contribution >= 0.6 is 0 Å². The second-order valence-electron chi connectivity index (χ2n) is 4.52. The molecular formula is C13H21NO. The maximum absolute atomic E-state index is 8.88. The molecule has 0 saturated heterocycles. The lowest BCUT2D eigenvalue weighted by molar-refractivity contribution is 0.231. The molecule has 0 fully saturated rings. The molecule has 0 bridgehead atoms. The number of rotatable bonds is 6. The van der Waals surface area contributed by atoms with E-state index in [1.54, 1.807) is 0 Å². The van der Waals surface area contributed by atoms with Crippen LogP contribution in [0, 0.1) is 0 Å². The van der Waals surface area contributed by atoms with Crippen molar-refractivity contribution < 1.29 is 5.11 Å². The average molecular weight is 207 g/mol. The van der Waals surface area contributed by atoms with Gasteiger partial charge in [-0.15, -0.1) is 0 Å². The van der Waals surface area contributed by atoms with Gasteiger partial charge in [0.15, 0.2) is 0 Å². The Hall–Kier alpha value is -0.860. The third kappa shape index (κ3) is 4.96. The fraction of sp³-hybridized carbons (Fsp3) is 0.538. The van der Waals surface area contributed by atoms with Crippen molar-refractivity contribution in [1.29, 1.82) is 0 Å². The van der Waals surface area contributed by atoms with Crippen LogP contribution in [0.1, 0.15) is 25.8 Å². The summed E-state index contributed by atoms with van der Waals surface area (Å²) in [5.41, 5.74) is 1.38. The fourth-order valence-corrected chi connectivity index (χ4v) is 1.56. The van der Waals surface area contributed by atoms with Crippen LogP contribution in [-0.2, 0) is 6.42 Å². The number of hydrogen-bond donors (Lipinski definition) is 2. The van der Waals surface area contributed by atoms with E-state index >= 15 is 0 Å². The smallest absolute Gasteiger partial charge is 0.0448 e. The van der Waals surface area contributed by atoms with Gasteiger partial charge in [0.2, 0.25) is 0 Å². The van der Waals surface area contributed by atoms with Crippen molar-refractivity contribution in [3.63, 3.8) is 0 Å². The molecular weight excluding hydrogens is 186 g/mol. The van der Waals surface area contributed by atoms with E-state index in [1.165, 1.54) is 5.56 Å². The molecule has 1 rings (SSSR count). The third-order valence-corrected chi connectivity index (χ3v) is 2.60. The number of benzene rings is 1. The summed E-state index contributed by atoms with van der Waals surface area (Å²) in [4.78, 5) is 0. The molecule has 0 amide bonds. The molecule has 1 aromatic carbocycles. The Labute approximate surface area is 92.3 Å². The molecule has 2 N–H and O–H groups in total. The molecule has 15 heavy (non-hydrogen) atoms. The van der Waals surface area contributed by atoms with Gasteiger partial charge in [-0.25, -0.2) is 0 Å². The molecule has 2 heteroatoms. The number of nitrogens with one attached hydrogen (secondary N) is 1. The molecule has 1 aromatic rings. The second kappa shape index (κ2) is 5.89. The van der Waals surface area contributed by atoms with Gasteiger partial charge in [0, 0.05) is 12.1 Å². The summed E-state index contributed by atoms with van der Waals surface area (Å²) >= 11 is 0. The van der Waals surface area contributed by atoms with E-state index in [9.17, 15) is 0 Å². The Balaban J connectivity index is 2.27. The molecule has 0 heterocycles. The van der Waals surface area contributed by atoms with Crippen molar-refractivity contribution in [3.05, 3.63) is 35.9 Å². The summed E-state index contributed by atoms with van der Waals surface area (Å²) < 4.78 is 0. The summed E-state index contributed by atoms with van der Waals surface area (Å²) in [7, 11) is 0. The molecule has 2 nitrogen and oxygen atoms in total. The van der Waals surface area contributed by atoms with Crippen LogP contribution in [0.15, 0.2) is 30.3 Å². The van der Waals surface area contributed by atoms with E-state index in [1.807, 2.05) is 6.07 Å². The molecule has 84 valence electrons. The highest BCUT2D eigenvalue weighted by atomic mass is 16.3. The molecule has 0 atom stereocenters. The SMILES string of the molecule is CC(C)(CCO)NCCc1ccccc1. The fourth-order valence-electron chi connectivity index (χ4n) is 1.56. The third-order valence-electron chi connectivity index (χ3n) is 2.60. The van der Waals surface area contributed by atoms with Gasteiger partial charge in [-0.1, -0.05) is 30.3 Å². The van der Waals surface area contributed by atoms with Crippen LogP contribution in [0.2, 0.25) is 0 Å². The normalized spacial score (nSPS) is 11.7. The van der Waals surface area contributed by atoms with Crippen molar-refractivity contribution in [2.45, 2.75) is 32.2 Å². The van der Waals surface area contributed by atoms with Gasteiger partial charge in [0.25, 0.3) is 0 Å². The topological polar surface area (TPSA) is 32.3 Å². The van der Waals surface area contributed by atoms with Crippen LogP contribution in [0.5, 0.6) is 0 Å². The predicted molar refractivity (Wildman–Crippen MR) is 63.9 cm³/mol. The standard InChI is InChI=1S/C13H21NO/c1-13(2,9-11-15)14-10-8-12-6-4-3-5-7-12/h3-7,14-15H,8-11H2,1-2H3. The van der Waals surface area contributed by atoms with Crippen molar-refractivity contribution in [2.24, 2.45) is 0 Å². The minimum atomic E-state index is 0.0313. The molecule has 0 aromatic heterocycles. The minimum absolute atomic E-state index is 0.0313. The molecule has 0 spiro atoms. The molecule has 0 aliphatic heterocycles. The lowest BCUT2D eigenvalue weighted by Crippen LogP contribution is -2.41. The zero-order valence-corrected chi connectivity index (χ0v) is 9.66. The van der Waals surface area contributed by atoms with Gasteiger partial charge in [0.1, 0.15) is 0 Å². The molecule has 0 aliphatic rings. The van der Waals surface area contributed by atoms with Crippen LogP contribution in [0.3, 0.4) is 0 Å². The van der Waals surface area contributed by atoms with Gasteiger partial charge in [-0.2, -0.15) is 0 Å². The second-order valence-corrected chi connectivity index (χ2v) is 4.52. The Morgan fingerprint density at radius 2 is 1.87 bits per heavy atom. The van der Waals surface area contributed by atoms with Crippen molar-refractivity contribution in [1.82, 2.24) is 5.32 Å². The van der Waals surface area contributed by atoms with Crippen LogP contribution in [0.25, 0.3) is 0 Å². The quantitative estimate of drug-likeness (QED) is 0.747. The first kappa shape index (κ1) is 12.2. The number of aliphatic hydroxyl groups is 1. The maximum Gasteiger partial charge on any atom is 0.0448 e. The summed E-state index contributed by atoms with van der Waals surface area (Å²) in [6, 6.07) is 10.4. The molecule has 0 saturated carbocycles. The summed E-state index contributed by atoms with van der Waals surface area (Å²) in [6.07, 6.45) is 1.83. The first-order valence-corrected chi connectivity index (χ1v) is 5.54. The first-order chi connectivity index (χ1) is 7.14. The van der Waals surface area contributed by atoms with Crippen molar-refractivity contribution in [3.8, 4) is 0 Å². The van der Waals surface area contributed by atoms with E-state index in [-0.39, 0.29) is 12.1 Å². The van der Waals surface area contributed by atoms with Crippen LogP contribution in [-0.4, -0.2) is 23.8 Å². The monoisotopic (exact) mass is 207 g/mol. The highest BCUT2D eigenvalue weighted by Gasteiger charge is 2.14. The van der Waals surface area contributed by atoms with Gasteiger partial charge in [-0.3, -0.25) is 0 Å². The van der Waals surface area contributed by atoms with Gasteiger partial charge in [-0.05, 0) is 38.8 Å². The van der Waals surface area contributed by atoms with E-state index in [2.05, 4.69) is 43.4 Å². The van der Waals surface area contributed by atoms with Gasteiger partial charge >= 0.3 is 0 Å². The van der Waals surface area contributed by atoms with Crippen LogP contribution < -0.4 is 5.32 Å². The number of aliphatic hydroxyl groups excluding tert-OH is 1. The van der Waals surface area contributed by atoms with E-state index in [0.717, 1.165) is 19.4 Å². The summed E-state index contributed by atoms with van der Waals surface area (Å²) in [5, 5.41) is 12.3. The lowest BCUT2D eigenvalue weighted by atomic mass is 10.0. The van der Waals surface area contributed by atoms with E-state index in [0.29, 0.717) is 0 Å². The number of hydrogen-bond acceptors (Lipinski definition) is 2. The largest absolute Gasteiger partial charge is 0.396 e. The molecule has 0 unspecified atom stereocenters. The predicted octanol–water partition coefficient (Wildman–Crippen LogP) is 1.98. The van der Waals surface area contributed by atoms with Crippen LogP contribution in [0.4, 0.5) is 0 Å². The zero-order chi connectivity index (χ0) is 11.1. The Morgan fingerprint density at radius 3 is 2.47 bits per heavy atom. The Bertz CT molecular complexity index is 269. The molecule has 0 aliphatic carbocycles. The zero-order valence-electron chi connectivity index (χ0n) is 9.66. The highest BCUT2D eigenvalue weighted by molar-refractivity contribution is 5.14. The highest BCUT2D eigenvalue weighted by Crippen LogP contribution is 2.07. The van der Waals surface area contributed by atoms with Gasteiger partial charge < -0.3 is 10.4 Å². The first-order valence-electron chi connectivity index (χ1n) is 5.54. The maximum atomic E-state index is 8.88. The Kier molecular flexibility index (Phi) is 4.79. The van der Waals surface area contributed by atoms with E-state index in [4.69, 9.17) is 5.11 Å².